The molecule has 3 aromatic rings. The van der Waals surface area contributed by atoms with E-state index in [0.717, 1.165) is 12.2 Å². The summed E-state index contributed by atoms with van der Waals surface area (Å²) >= 11 is 0. The molecule has 3 heterocycles. The molecule has 0 fully saturated rings. The Kier molecular flexibility index (Phi) is 2.79. The van der Waals surface area contributed by atoms with Gasteiger partial charge >= 0.3 is 0 Å². The van der Waals surface area contributed by atoms with E-state index in [1.165, 1.54) is 0 Å². The molecule has 0 spiro atoms. The van der Waals surface area contributed by atoms with Gasteiger partial charge in [-0.2, -0.15) is 0 Å². The zero-order valence-corrected chi connectivity index (χ0v) is 10.5. The second kappa shape index (κ2) is 4.61. The van der Waals surface area contributed by atoms with Crippen LogP contribution in [-0.4, -0.2) is 10.1 Å². The number of pyridine rings is 1. The number of rotatable bonds is 3. The first-order valence-electron chi connectivity index (χ1n) is 6.05. The van der Waals surface area contributed by atoms with Crippen molar-refractivity contribution in [2.75, 3.05) is 5.73 Å². The Hall–Kier alpha value is -2.56. The van der Waals surface area contributed by atoms with Crippen molar-refractivity contribution in [3.05, 3.63) is 42.3 Å². The lowest BCUT2D eigenvalue weighted by Crippen LogP contribution is -1.90. The van der Waals surface area contributed by atoms with Gasteiger partial charge in [0.2, 0.25) is 5.76 Å². The van der Waals surface area contributed by atoms with Gasteiger partial charge in [0.25, 0.3) is 0 Å². The van der Waals surface area contributed by atoms with Crippen LogP contribution in [0.25, 0.3) is 22.8 Å². The number of aryl methyl sites for hydroxylation is 1. The largest absolute Gasteiger partial charge is 0.458 e. The van der Waals surface area contributed by atoms with Crippen molar-refractivity contribution < 1.29 is 8.94 Å². The molecule has 5 heteroatoms. The molecule has 3 aromatic heterocycles. The Balaban J connectivity index is 2.13. The average Bonchev–Trinajstić information content (AvgIpc) is 3.05. The molecule has 0 radical (unpaired) electrons. The summed E-state index contributed by atoms with van der Waals surface area (Å²) in [5.74, 6) is 2.32. The lowest BCUT2D eigenvalue weighted by atomic mass is 10.1. The van der Waals surface area contributed by atoms with Gasteiger partial charge in [0.05, 0.1) is 11.3 Å². The number of anilines is 1. The Morgan fingerprint density at radius 2 is 2.11 bits per heavy atom. The number of hydrogen-bond donors (Lipinski definition) is 1. The van der Waals surface area contributed by atoms with Crippen molar-refractivity contribution in [2.24, 2.45) is 0 Å². The zero-order valence-electron chi connectivity index (χ0n) is 10.5. The third-order valence-corrected chi connectivity index (χ3v) is 2.87. The van der Waals surface area contributed by atoms with Gasteiger partial charge in [-0.25, -0.2) is 0 Å². The number of aromatic nitrogens is 2. The van der Waals surface area contributed by atoms with E-state index in [1.807, 2.05) is 37.3 Å². The van der Waals surface area contributed by atoms with Crippen LogP contribution in [0.4, 0.5) is 5.82 Å². The molecule has 0 aliphatic carbocycles. The van der Waals surface area contributed by atoms with Crippen molar-refractivity contribution in [1.82, 2.24) is 10.1 Å². The molecular weight excluding hydrogens is 242 g/mol. The van der Waals surface area contributed by atoms with Gasteiger partial charge in [0, 0.05) is 12.6 Å². The van der Waals surface area contributed by atoms with Crippen LogP contribution in [-0.2, 0) is 6.42 Å². The van der Waals surface area contributed by atoms with Crippen LogP contribution < -0.4 is 5.73 Å². The quantitative estimate of drug-likeness (QED) is 0.777. The SMILES string of the molecule is CCc1ccc(-c2onc(N)c2-c2ccccn2)o1. The molecule has 0 saturated heterocycles. The number of nitrogens with two attached hydrogens (primary N) is 1. The van der Waals surface area contributed by atoms with Crippen molar-refractivity contribution in [3.8, 4) is 22.8 Å². The third-order valence-electron chi connectivity index (χ3n) is 2.87. The maximum Gasteiger partial charge on any atom is 0.213 e. The molecular formula is C14H13N3O2. The van der Waals surface area contributed by atoms with Gasteiger partial charge in [-0.3, -0.25) is 4.98 Å². The third kappa shape index (κ3) is 1.99. The minimum atomic E-state index is 0.308. The Morgan fingerprint density at radius 1 is 1.21 bits per heavy atom. The fraction of sp³-hybridized carbons (Fsp3) is 0.143. The standard InChI is InChI=1S/C14H13N3O2/c1-2-9-6-7-11(18-9)13-12(14(15)17-19-13)10-5-3-4-8-16-10/h3-8H,2H2,1H3,(H2,15,17). The monoisotopic (exact) mass is 255 g/mol. The van der Waals surface area contributed by atoms with E-state index in [2.05, 4.69) is 10.1 Å². The summed E-state index contributed by atoms with van der Waals surface area (Å²) in [4.78, 5) is 4.27. The molecule has 0 atom stereocenters. The molecule has 0 saturated carbocycles. The maximum absolute atomic E-state index is 5.86. The lowest BCUT2D eigenvalue weighted by molar-refractivity contribution is 0.416. The van der Waals surface area contributed by atoms with Crippen LogP contribution in [0.1, 0.15) is 12.7 Å². The van der Waals surface area contributed by atoms with E-state index in [-0.39, 0.29) is 0 Å². The highest BCUT2D eigenvalue weighted by Crippen LogP contribution is 2.36. The summed E-state index contributed by atoms with van der Waals surface area (Å²) in [6.45, 7) is 2.02. The fourth-order valence-electron chi connectivity index (χ4n) is 1.92. The number of nitrogen functional groups attached to an aromatic ring is 1. The van der Waals surface area contributed by atoms with Crippen molar-refractivity contribution in [2.45, 2.75) is 13.3 Å². The first-order chi connectivity index (χ1) is 9.29. The highest BCUT2D eigenvalue weighted by Gasteiger charge is 2.20. The lowest BCUT2D eigenvalue weighted by Gasteiger charge is -1.99. The zero-order chi connectivity index (χ0) is 13.2. The molecule has 2 N–H and O–H groups in total. The molecule has 3 rings (SSSR count). The number of hydrogen-bond acceptors (Lipinski definition) is 5. The van der Waals surface area contributed by atoms with E-state index in [9.17, 15) is 0 Å². The van der Waals surface area contributed by atoms with Crippen LogP contribution >= 0.6 is 0 Å². The highest BCUT2D eigenvalue weighted by atomic mass is 16.5. The summed E-state index contributed by atoms with van der Waals surface area (Å²) in [5.41, 5.74) is 7.24. The summed E-state index contributed by atoms with van der Waals surface area (Å²) in [6.07, 6.45) is 2.52. The second-order valence-corrected chi connectivity index (χ2v) is 4.11. The first kappa shape index (κ1) is 11.5. The Morgan fingerprint density at radius 3 is 2.79 bits per heavy atom. The molecule has 5 nitrogen and oxygen atoms in total. The average molecular weight is 255 g/mol. The van der Waals surface area contributed by atoms with E-state index in [0.29, 0.717) is 28.6 Å². The summed E-state index contributed by atoms with van der Waals surface area (Å²) < 4.78 is 11.0. The fourth-order valence-corrected chi connectivity index (χ4v) is 1.92. The van der Waals surface area contributed by atoms with E-state index >= 15 is 0 Å². The minimum Gasteiger partial charge on any atom is -0.458 e. The van der Waals surface area contributed by atoms with Gasteiger partial charge in [-0.1, -0.05) is 18.1 Å². The normalized spacial score (nSPS) is 10.8. The van der Waals surface area contributed by atoms with Gasteiger partial charge < -0.3 is 14.7 Å². The topological polar surface area (TPSA) is 78.1 Å². The molecule has 0 aliphatic heterocycles. The Labute approximate surface area is 110 Å². The molecule has 0 aliphatic rings. The van der Waals surface area contributed by atoms with Crippen LogP contribution in [0.3, 0.4) is 0 Å². The maximum atomic E-state index is 5.86. The van der Waals surface area contributed by atoms with Crippen molar-refractivity contribution in [1.29, 1.82) is 0 Å². The molecule has 0 aromatic carbocycles. The summed E-state index contributed by atoms with van der Waals surface area (Å²) in [5, 5.41) is 3.81. The summed E-state index contributed by atoms with van der Waals surface area (Å²) in [7, 11) is 0. The molecule has 0 amide bonds. The van der Waals surface area contributed by atoms with Crippen LogP contribution in [0, 0.1) is 0 Å². The first-order valence-corrected chi connectivity index (χ1v) is 6.05. The minimum absolute atomic E-state index is 0.308. The van der Waals surface area contributed by atoms with Crippen molar-refractivity contribution >= 4 is 5.82 Å². The van der Waals surface area contributed by atoms with Gasteiger partial charge in [-0.15, -0.1) is 0 Å². The molecule has 19 heavy (non-hydrogen) atoms. The highest BCUT2D eigenvalue weighted by molar-refractivity contribution is 5.83. The predicted molar refractivity (Wildman–Crippen MR) is 71.2 cm³/mol. The predicted octanol–water partition coefficient (Wildman–Crippen LogP) is 3.14. The Bertz CT molecular complexity index is 686. The van der Waals surface area contributed by atoms with Crippen LogP contribution in [0.5, 0.6) is 0 Å². The van der Waals surface area contributed by atoms with Crippen LogP contribution in [0.2, 0.25) is 0 Å². The number of furan rings is 1. The molecule has 96 valence electrons. The van der Waals surface area contributed by atoms with E-state index in [4.69, 9.17) is 14.7 Å². The van der Waals surface area contributed by atoms with E-state index in [1.54, 1.807) is 6.20 Å². The van der Waals surface area contributed by atoms with Crippen LogP contribution in [0.15, 0.2) is 45.5 Å². The van der Waals surface area contributed by atoms with Gasteiger partial charge in [-0.05, 0) is 24.3 Å². The molecule has 0 unspecified atom stereocenters. The van der Waals surface area contributed by atoms with Crippen molar-refractivity contribution in [3.63, 3.8) is 0 Å². The number of nitrogens with zero attached hydrogens (tertiary/aromatic N) is 2. The van der Waals surface area contributed by atoms with E-state index < -0.39 is 0 Å². The van der Waals surface area contributed by atoms with Gasteiger partial charge in [0.1, 0.15) is 5.76 Å². The second-order valence-electron chi connectivity index (χ2n) is 4.11. The van der Waals surface area contributed by atoms with Gasteiger partial charge in [0.15, 0.2) is 11.6 Å². The smallest absolute Gasteiger partial charge is 0.213 e. The molecule has 0 bridgehead atoms. The summed E-state index contributed by atoms with van der Waals surface area (Å²) in [6, 6.07) is 9.35.